The number of carbonyl (C=O) groups excluding carboxylic acids is 1. The van der Waals surface area contributed by atoms with E-state index in [9.17, 15) is 13.6 Å². The van der Waals surface area contributed by atoms with Crippen LogP contribution in [-0.4, -0.2) is 26.4 Å². The van der Waals surface area contributed by atoms with E-state index < -0.39 is 23.6 Å². The number of nitrogens with one attached hydrogen (secondary N) is 1. The minimum absolute atomic E-state index is 0.0191. The molecule has 6 nitrogen and oxygen atoms in total. The monoisotopic (exact) mass is 452 g/mol. The van der Waals surface area contributed by atoms with Gasteiger partial charge >= 0.3 is 0 Å². The molecule has 0 aliphatic heterocycles. The van der Waals surface area contributed by atoms with Crippen molar-refractivity contribution in [2.75, 3.05) is 11.1 Å². The summed E-state index contributed by atoms with van der Waals surface area (Å²) in [6, 6.07) is 10.1. The minimum atomic E-state index is -0.835. The highest BCUT2D eigenvalue weighted by atomic mass is 35.5. The van der Waals surface area contributed by atoms with Gasteiger partial charge in [-0.15, -0.1) is 10.2 Å². The molecule has 0 radical (unpaired) electrons. The number of benzene rings is 2. The van der Waals surface area contributed by atoms with Crippen LogP contribution in [0.15, 0.2) is 47.6 Å². The second-order valence-electron chi connectivity index (χ2n) is 6.24. The van der Waals surface area contributed by atoms with E-state index in [2.05, 4.69) is 15.5 Å². The molecule has 0 spiro atoms. The topological polar surface area (TPSA) is 69.0 Å². The molecule has 0 aliphatic carbocycles. The number of hydrogen-bond donors (Lipinski definition) is 1. The molecule has 1 N–H and O–H groups in total. The highest BCUT2D eigenvalue weighted by Gasteiger charge is 2.20. The van der Waals surface area contributed by atoms with Crippen molar-refractivity contribution in [1.82, 2.24) is 14.8 Å². The Morgan fingerprint density at radius 3 is 2.73 bits per heavy atom. The molecule has 1 atom stereocenters. The van der Waals surface area contributed by atoms with Gasteiger partial charge < -0.3 is 14.6 Å². The number of nitrogens with zero attached hydrogens (tertiary/aromatic N) is 3. The van der Waals surface area contributed by atoms with Crippen molar-refractivity contribution < 1.29 is 18.3 Å². The largest absolute Gasteiger partial charge is 0.481 e. The summed E-state index contributed by atoms with van der Waals surface area (Å²) in [6.07, 6.45) is -0.422. The summed E-state index contributed by atoms with van der Waals surface area (Å²) in [6.45, 7) is 4.32. The lowest BCUT2D eigenvalue weighted by atomic mass is 10.3. The first-order valence-electron chi connectivity index (χ1n) is 9.11. The first-order chi connectivity index (χ1) is 14.4. The average molecular weight is 453 g/mol. The highest BCUT2D eigenvalue weighted by molar-refractivity contribution is 7.99. The number of anilines is 1. The second kappa shape index (κ2) is 9.90. The van der Waals surface area contributed by atoms with Gasteiger partial charge in [-0.1, -0.05) is 35.5 Å². The molecule has 3 aromatic rings. The van der Waals surface area contributed by atoms with Crippen LogP contribution in [0.4, 0.5) is 14.5 Å². The predicted octanol–water partition coefficient (Wildman–Crippen LogP) is 5.10. The smallest absolute Gasteiger partial charge is 0.234 e. The van der Waals surface area contributed by atoms with E-state index in [-0.39, 0.29) is 11.4 Å². The van der Waals surface area contributed by atoms with Crippen LogP contribution in [0.2, 0.25) is 5.02 Å². The van der Waals surface area contributed by atoms with Gasteiger partial charge in [-0.3, -0.25) is 4.79 Å². The predicted molar refractivity (Wildman–Crippen MR) is 112 cm³/mol. The standard InChI is InChI=1S/C20H19ClF2N4O2S/c1-3-27-19(12(2)29-17-7-5-4-6-14(17)21)25-26-20(27)30-11-18(28)24-16-9-8-13(22)10-15(16)23/h4-10,12H,3,11H2,1-2H3,(H,24,28). The van der Waals surface area contributed by atoms with Gasteiger partial charge in [-0.25, -0.2) is 8.78 Å². The molecule has 0 aliphatic rings. The molecule has 1 aromatic heterocycles. The zero-order chi connectivity index (χ0) is 21.7. The van der Waals surface area contributed by atoms with Gasteiger partial charge in [0.15, 0.2) is 17.1 Å². The minimum Gasteiger partial charge on any atom is -0.481 e. The molecule has 10 heteroatoms. The fourth-order valence-electron chi connectivity index (χ4n) is 2.70. The van der Waals surface area contributed by atoms with E-state index >= 15 is 0 Å². The number of halogens is 3. The number of rotatable bonds is 8. The Bertz CT molecular complexity index is 1050. The van der Waals surface area contributed by atoms with Crippen LogP contribution in [0.1, 0.15) is 25.8 Å². The molecule has 0 bridgehead atoms. The summed E-state index contributed by atoms with van der Waals surface area (Å²) in [5.74, 6) is -0.890. The van der Waals surface area contributed by atoms with Gasteiger partial charge in [0.05, 0.1) is 16.5 Å². The van der Waals surface area contributed by atoms with E-state index in [1.165, 1.54) is 6.07 Å². The maximum absolute atomic E-state index is 13.7. The van der Waals surface area contributed by atoms with Crippen LogP contribution in [0, 0.1) is 11.6 Å². The van der Waals surface area contributed by atoms with Crippen molar-refractivity contribution in [3.8, 4) is 5.75 Å². The van der Waals surface area contributed by atoms with Crippen molar-refractivity contribution in [3.05, 3.63) is 64.9 Å². The lowest BCUT2D eigenvalue weighted by Gasteiger charge is -2.16. The number of hydrogen-bond acceptors (Lipinski definition) is 5. The Hall–Kier alpha value is -2.65. The summed E-state index contributed by atoms with van der Waals surface area (Å²) in [5, 5.41) is 11.8. The Morgan fingerprint density at radius 2 is 2.03 bits per heavy atom. The molecule has 2 aromatic carbocycles. The Kier molecular flexibility index (Phi) is 7.28. The third kappa shape index (κ3) is 5.28. The summed E-state index contributed by atoms with van der Waals surface area (Å²) >= 11 is 7.30. The molecule has 1 unspecified atom stereocenters. The van der Waals surface area contributed by atoms with Crippen LogP contribution < -0.4 is 10.1 Å². The number of aromatic nitrogens is 3. The number of carbonyl (C=O) groups is 1. The normalized spacial score (nSPS) is 11.9. The van der Waals surface area contributed by atoms with E-state index in [4.69, 9.17) is 16.3 Å². The lowest BCUT2D eigenvalue weighted by Crippen LogP contribution is -2.16. The molecule has 0 saturated heterocycles. The fourth-order valence-corrected chi connectivity index (χ4v) is 3.69. The van der Waals surface area contributed by atoms with Crippen molar-refractivity contribution in [3.63, 3.8) is 0 Å². The zero-order valence-electron chi connectivity index (χ0n) is 16.2. The summed E-state index contributed by atoms with van der Waals surface area (Å²) in [4.78, 5) is 12.2. The molecular formula is C20H19ClF2N4O2S. The highest BCUT2D eigenvalue weighted by Crippen LogP contribution is 2.29. The number of thioether (sulfide) groups is 1. The van der Waals surface area contributed by atoms with Crippen molar-refractivity contribution in [2.45, 2.75) is 31.7 Å². The maximum atomic E-state index is 13.7. The molecule has 30 heavy (non-hydrogen) atoms. The molecule has 0 fully saturated rings. The third-order valence-electron chi connectivity index (χ3n) is 4.10. The van der Waals surface area contributed by atoms with Crippen molar-refractivity contribution in [1.29, 1.82) is 0 Å². The van der Waals surface area contributed by atoms with Crippen LogP contribution in [0.3, 0.4) is 0 Å². The van der Waals surface area contributed by atoms with Gasteiger partial charge in [0.1, 0.15) is 17.4 Å². The zero-order valence-corrected chi connectivity index (χ0v) is 17.8. The van der Waals surface area contributed by atoms with E-state index in [0.29, 0.717) is 34.4 Å². The van der Waals surface area contributed by atoms with Crippen LogP contribution in [-0.2, 0) is 11.3 Å². The van der Waals surface area contributed by atoms with Crippen LogP contribution in [0.25, 0.3) is 0 Å². The van der Waals surface area contributed by atoms with Crippen molar-refractivity contribution in [2.24, 2.45) is 0 Å². The van der Waals surface area contributed by atoms with E-state index in [0.717, 1.165) is 17.8 Å². The number of ether oxygens (including phenoxy) is 1. The number of amides is 1. The Balaban J connectivity index is 1.65. The van der Waals surface area contributed by atoms with E-state index in [1.807, 2.05) is 30.5 Å². The lowest BCUT2D eigenvalue weighted by molar-refractivity contribution is -0.113. The Labute approximate surface area is 181 Å². The Morgan fingerprint density at radius 1 is 1.27 bits per heavy atom. The molecule has 158 valence electrons. The van der Waals surface area contributed by atoms with Gasteiger partial charge in [-0.2, -0.15) is 0 Å². The maximum Gasteiger partial charge on any atom is 0.234 e. The first kappa shape index (κ1) is 22.0. The average Bonchev–Trinajstić information content (AvgIpc) is 3.13. The summed E-state index contributed by atoms with van der Waals surface area (Å²) < 4.78 is 34.4. The molecular weight excluding hydrogens is 434 g/mol. The number of para-hydroxylation sites is 1. The van der Waals surface area contributed by atoms with Crippen LogP contribution >= 0.6 is 23.4 Å². The van der Waals surface area contributed by atoms with Gasteiger partial charge in [0.2, 0.25) is 5.91 Å². The first-order valence-corrected chi connectivity index (χ1v) is 10.5. The van der Waals surface area contributed by atoms with Gasteiger partial charge in [0, 0.05) is 12.6 Å². The SMILES string of the molecule is CCn1c(SCC(=O)Nc2ccc(F)cc2F)nnc1C(C)Oc1ccccc1Cl. The molecule has 1 amide bonds. The summed E-state index contributed by atoms with van der Waals surface area (Å²) in [7, 11) is 0. The molecule has 0 saturated carbocycles. The van der Waals surface area contributed by atoms with Gasteiger partial charge in [-0.05, 0) is 38.1 Å². The third-order valence-corrected chi connectivity index (χ3v) is 5.38. The second-order valence-corrected chi connectivity index (χ2v) is 7.59. The van der Waals surface area contributed by atoms with Gasteiger partial charge in [0.25, 0.3) is 0 Å². The van der Waals surface area contributed by atoms with Crippen molar-refractivity contribution >= 4 is 35.0 Å². The fraction of sp³-hybridized carbons (Fsp3) is 0.250. The van der Waals surface area contributed by atoms with E-state index in [1.54, 1.807) is 12.1 Å². The summed E-state index contributed by atoms with van der Waals surface area (Å²) in [5.41, 5.74) is -0.0820. The van der Waals surface area contributed by atoms with Crippen LogP contribution in [0.5, 0.6) is 5.75 Å². The molecule has 1 heterocycles. The molecule has 3 rings (SSSR count). The quantitative estimate of drug-likeness (QED) is 0.481.